The number of hydrogen-bond acceptors (Lipinski definition) is 1. The van der Waals surface area contributed by atoms with Gasteiger partial charge in [0.2, 0.25) is 0 Å². The summed E-state index contributed by atoms with van der Waals surface area (Å²) in [5, 5.41) is 4.31. The number of hydrogen-bond donors (Lipinski definition) is 1. The fourth-order valence-electron chi connectivity index (χ4n) is 2.55. The van der Waals surface area contributed by atoms with Gasteiger partial charge in [0.1, 0.15) is 0 Å². The van der Waals surface area contributed by atoms with E-state index in [0.29, 0.717) is 12.0 Å². The molecule has 1 N–H and O–H groups in total. The van der Waals surface area contributed by atoms with Crippen LogP contribution in [0.15, 0.2) is 53.0 Å². The molecule has 2 aromatic carbocycles. The molecule has 2 aromatic rings. The van der Waals surface area contributed by atoms with Crippen LogP contribution in [0.2, 0.25) is 5.02 Å². The largest absolute Gasteiger partial charge is 0.382 e. The predicted molar refractivity (Wildman–Crippen MR) is 85.0 cm³/mol. The van der Waals surface area contributed by atoms with Crippen molar-refractivity contribution in [2.75, 3.05) is 5.32 Å². The van der Waals surface area contributed by atoms with E-state index in [4.69, 9.17) is 11.6 Å². The van der Waals surface area contributed by atoms with Gasteiger partial charge in [0.05, 0.1) is 5.02 Å². The summed E-state index contributed by atoms with van der Waals surface area (Å²) in [4.78, 5) is 0. The van der Waals surface area contributed by atoms with E-state index >= 15 is 0 Å². The van der Waals surface area contributed by atoms with Crippen LogP contribution in [0.1, 0.15) is 24.3 Å². The fourth-order valence-corrected chi connectivity index (χ4v) is 3.05. The maximum absolute atomic E-state index is 5.99. The van der Waals surface area contributed by atoms with Gasteiger partial charge in [0, 0.05) is 16.2 Å². The molecule has 0 atom stereocenters. The third-order valence-electron chi connectivity index (χ3n) is 3.70. The average Bonchev–Trinajstić information content (AvgIpc) is 2.38. The molecule has 98 valence electrons. The van der Waals surface area contributed by atoms with E-state index < -0.39 is 0 Å². The number of rotatable bonds is 3. The van der Waals surface area contributed by atoms with Crippen molar-refractivity contribution in [3.8, 4) is 0 Å². The van der Waals surface area contributed by atoms with E-state index in [1.807, 2.05) is 18.2 Å². The SMILES string of the molecule is Clc1ccc(NC2CC(c3ccccc3)C2)cc1Br. The highest BCUT2D eigenvalue weighted by atomic mass is 79.9. The van der Waals surface area contributed by atoms with Crippen LogP contribution in [-0.4, -0.2) is 6.04 Å². The highest BCUT2D eigenvalue weighted by Crippen LogP contribution is 2.38. The van der Waals surface area contributed by atoms with Gasteiger partial charge in [0.25, 0.3) is 0 Å². The average molecular weight is 337 g/mol. The Balaban J connectivity index is 1.58. The molecule has 0 amide bonds. The molecule has 19 heavy (non-hydrogen) atoms. The van der Waals surface area contributed by atoms with Crippen molar-refractivity contribution in [3.05, 3.63) is 63.6 Å². The van der Waals surface area contributed by atoms with Crippen LogP contribution in [0, 0.1) is 0 Å². The van der Waals surface area contributed by atoms with Crippen molar-refractivity contribution in [1.29, 1.82) is 0 Å². The second kappa shape index (κ2) is 5.56. The number of benzene rings is 2. The first kappa shape index (κ1) is 13.0. The first-order valence-electron chi connectivity index (χ1n) is 6.49. The topological polar surface area (TPSA) is 12.0 Å². The van der Waals surface area contributed by atoms with Gasteiger partial charge in [-0.1, -0.05) is 41.9 Å². The van der Waals surface area contributed by atoms with Crippen molar-refractivity contribution in [2.24, 2.45) is 0 Å². The minimum atomic E-state index is 0.568. The lowest BCUT2D eigenvalue weighted by Gasteiger charge is -2.37. The Morgan fingerprint density at radius 3 is 2.47 bits per heavy atom. The molecule has 0 unspecified atom stereocenters. The van der Waals surface area contributed by atoms with Crippen molar-refractivity contribution < 1.29 is 0 Å². The summed E-state index contributed by atoms with van der Waals surface area (Å²) >= 11 is 9.45. The Kier molecular flexibility index (Phi) is 3.81. The standard InChI is InChI=1S/C16H15BrClN/c17-15-10-13(6-7-16(15)18)19-14-8-12(9-14)11-4-2-1-3-5-11/h1-7,10,12,14,19H,8-9H2. The first-order valence-corrected chi connectivity index (χ1v) is 7.66. The molecule has 0 aromatic heterocycles. The molecule has 0 bridgehead atoms. The van der Waals surface area contributed by atoms with E-state index in [1.165, 1.54) is 18.4 Å². The van der Waals surface area contributed by atoms with Gasteiger partial charge in [-0.05, 0) is 58.5 Å². The summed E-state index contributed by atoms with van der Waals surface area (Å²) in [5.41, 5.74) is 2.59. The lowest BCUT2D eigenvalue weighted by molar-refractivity contribution is 0.374. The molecule has 1 aliphatic rings. The van der Waals surface area contributed by atoms with Gasteiger partial charge in [-0.25, -0.2) is 0 Å². The lowest BCUT2D eigenvalue weighted by Crippen LogP contribution is -2.33. The first-order chi connectivity index (χ1) is 9.22. The second-order valence-corrected chi connectivity index (χ2v) is 6.31. The van der Waals surface area contributed by atoms with Gasteiger partial charge in [-0.2, -0.15) is 0 Å². The highest BCUT2D eigenvalue weighted by Gasteiger charge is 2.29. The number of nitrogens with one attached hydrogen (secondary N) is 1. The predicted octanol–water partition coefficient (Wildman–Crippen LogP) is 5.46. The summed E-state index contributed by atoms with van der Waals surface area (Å²) in [6, 6.07) is 17.3. The van der Waals surface area contributed by atoms with Crippen LogP contribution in [-0.2, 0) is 0 Å². The Bertz CT molecular complexity index is 564. The Hall–Kier alpha value is -0.990. The van der Waals surface area contributed by atoms with Crippen LogP contribution in [0.5, 0.6) is 0 Å². The smallest absolute Gasteiger partial charge is 0.0549 e. The quantitative estimate of drug-likeness (QED) is 0.784. The van der Waals surface area contributed by atoms with Crippen molar-refractivity contribution >= 4 is 33.2 Å². The van der Waals surface area contributed by atoms with Gasteiger partial charge >= 0.3 is 0 Å². The van der Waals surface area contributed by atoms with Gasteiger partial charge in [-0.15, -0.1) is 0 Å². The minimum absolute atomic E-state index is 0.568. The van der Waals surface area contributed by atoms with E-state index in [2.05, 4.69) is 51.6 Å². The van der Waals surface area contributed by atoms with E-state index in [0.717, 1.165) is 15.2 Å². The minimum Gasteiger partial charge on any atom is -0.382 e. The molecular weight excluding hydrogens is 322 g/mol. The van der Waals surface area contributed by atoms with E-state index in [1.54, 1.807) is 0 Å². The van der Waals surface area contributed by atoms with E-state index in [-0.39, 0.29) is 0 Å². The normalized spacial score (nSPS) is 21.8. The molecule has 1 saturated carbocycles. The molecular formula is C16H15BrClN. The van der Waals surface area contributed by atoms with Gasteiger partial charge < -0.3 is 5.32 Å². The molecule has 3 heteroatoms. The van der Waals surface area contributed by atoms with Crippen molar-refractivity contribution in [3.63, 3.8) is 0 Å². The third-order valence-corrected chi connectivity index (χ3v) is 4.91. The summed E-state index contributed by atoms with van der Waals surface area (Å²) < 4.78 is 0.943. The van der Waals surface area contributed by atoms with Crippen molar-refractivity contribution in [2.45, 2.75) is 24.8 Å². The molecule has 1 aliphatic carbocycles. The van der Waals surface area contributed by atoms with Crippen LogP contribution < -0.4 is 5.32 Å². The summed E-state index contributed by atoms with van der Waals surface area (Å²) in [7, 11) is 0. The number of halogens is 2. The highest BCUT2D eigenvalue weighted by molar-refractivity contribution is 9.10. The fraction of sp³-hybridized carbons (Fsp3) is 0.250. The van der Waals surface area contributed by atoms with Crippen LogP contribution in [0.25, 0.3) is 0 Å². The third kappa shape index (κ3) is 2.96. The molecule has 0 aliphatic heterocycles. The Morgan fingerprint density at radius 2 is 1.79 bits per heavy atom. The van der Waals surface area contributed by atoms with Crippen molar-refractivity contribution in [1.82, 2.24) is 0 Å². The second-order valence-electron chi connectivity index (χ2n) is 5.05. The molecule has 3 rings (SSSR count). The zero-order chi connectivity index (χ0) is 13.2. The monoisotopic (exact) mass is 335 g/mol. The maximum Gasteiger partial charge on any atom is 0.0549 e. The summed E-state index contributed by atoms with van der Waals surface area (Å²) in [5.74, 6) is 0.703. The molecule has 0 heterocycles. The summed E-state index contributed by atoms with van der Waals surface area (Å²) in [6.07, 6.45) is 2.40. The Morgan fingerprint density at radius 1 is 1.05 bits per heavy atom. The summed E-state index contributed by atoms with van der Waals surface area (Å²) in [6.45, 7) is 0. The molecule has 1 nitrogen and oxygen atoms in total. The van der Waals surface area contributed by atoms with Crippen LogP contribution >= 0.6 is 27.5 Å². The van der Waals surface area contributed by atoms with Crippen LogP contribution in [0.3, 0.4) is 0 Å². The van der Waals surface area contributed by atoms with Gasteiger partial charge in [0.15, 0.2) is 0 Å². The maximum atomic E-state index is 5.99. The number of anilines is 1. The van der Waals surface area contributed by atoms with Crippen LogP contribution in [0.4, 0.5) is 5.69 Å². The molecule has 0 saturated heterocycles. The van der Waals surface area contributed by atoms with Gasteiger partial charge in [-0.3, -0.25) is 0 Å². The lowest BCUT2D eigenvalue weighted by atomic mass is 9.76. The zero-order valence-corrected chi connectivity index (χ0v) is 12.8. The zero-order valence-electron chi connectivity index (χ0n) is 10.4. The molecule has 0 spiro atoms. The Labute approximate surface area is 127 Å². The van der Waals surface area contributed by atoms with E-state index in [9.17, 15) is 0 Å². The molecule has 0 radical (unpaired) electrons. The molecule has 1 fully saturated rings.